The Morgan fingerprint density at radius 3 is 2.14 bits per heavy atom. The first-order valence-electron chi connectivity index (χ1n) is 6.86. The third-order valence-electron chi connectivity index (χ3n) is 3.29. The minimum absolute atomic E-state index is 0.109. The molecule has 0 fully saturated rings. The smallest absolute Gasteiger partial charge is 0.159 e. The van der Waals surface area contributed by atoms with Gasteiger partial charge in [0.1, 0.15) is 5.82 Å². The molecule has 0 unspecified atom stereocenters. The lowest BCUT2D eigenvalue weighted by Crippen LogP contribution is -2.10. The predicted molar refractivity (Wildman–Crippen MR) is 85.7 cm³/mol. The van der Waals surface area contributed by atoms with E-state index in [1.54, 1.807) is 12.1 Å². The maximum Gasteiger partial charge on any atom is 0.159 e. The van der Waals surface area contributed by atoms with E-state index < -0.39 is 0 Å². The molecule has 0 radical (unpaired) electrons. The molecule has 0 N–H and O–H groups in total. The molecule has 0 spiro atoms. The molecular formula is C18H19FOS. The summed E-state index contributed by atoms with van der Waals surface area (Å²) in [5.74, 6) is -0.479. The van der Waals surface area contributed by atoms with Crippen molar-refractivity contribution in [3.63, 3.8) is 0 Å². The van der Waals surface area contributed by atoms with Crippen LogP contribution in [0, 0.1) is 5.82 Å². The zero-order chi connectivity index (χ0) is 15.6. The van der Waals surface area contributed by atoms with Crippen molar-refractivity contribution >= 4 is 17.5 Å². The van der Waals surface area contributed by atoms with Crippen LogP contribution in [0.15, 0.2) is 52.3 Å². The van der Waals surface area contributed by atoms with Crippen molar-refractivity contribution in [2.24, 2.45) is 0 Å². The molecule has 1 nitrogen and oxygen atoms in total. The number of benzene rings is 2. The van der Waals surface area contributed by atoms with Gasteiger partial charge in [0.05, 0.1) is 0 Å². The molecule has 0 amide bonds. The van der Waals surface area contributed by atoms with E-state index in [2.05, 4.69) is 32.9 Å². The first-order chi connectivity index (χ1) is 9.77. The number of hydrogen-bond acceptors (Lipinski definition) is 2. The highest BCUT2D eigenvalue weighted by Crippen LogP contribution is 2.32. The van der Waals surface area contributed by atoms with Gasteiger partial charge in [-0.3, -0.25) is 4.79 Å². The highest BCUT2D eigenvalue weighted by atomic mass is 32.2. The van der Waals surface area contributed by atoms with Gasteiger partial charge in [0.2, 0.25) is 0 Å². The van der Waals surface area contributed by atoms with E-state index in [1.807, 2.05) is 12.1 Å². The molecule has 0 bridgehead atoms. The van der Waals surface area contributed by atoms with Gasteiger partial charge in [-0.15, -0.1) is 0 Å². The van der Waals surface area contributed by atoms with Crippen molar-refractivity contribution in [3.8, 4) is 0 Å². The van der Waals surface area contributed by atoms with Crippen molar-refractivity contribution in [1.82, 2.24) is 0 Å². The first-order valence-corrected chi connectivity index (χ1v) is 7.68. The molecular weight excluding hydrogens is 283 g/mol. The van der Waals surface area contributed by atoms with E-state index >= 15 is 0 Å². The fourth-order valence-electron chi connectivity index (χ4n) is 1.95. The van der Waals surface area contributed by atoms with Crippen molar-refractivity contribution in [3.05, 3.63) is 59.4 Å². The van der Waals surface area contributed by atoms with Gasteiger partial charge in [0, 0.05) is 15.4 Å². The number of carbonyl (C=O) groups is 1. The lowest BCUT2D eigenvalue weighted by molar-refractivity contribution is 0.101. The summed E-state index contributed by atoms with van der Waals surface area (Å²) in [5.41, 5.74) is 1.76. The molecule has 21 heavy (non-hydrogen) atoms. The van der Waals surface area contributed by atoms with E-state index in [1.165, 1.54) is 30.3 Å². The average molecular weight is 302 g/mol. The molecule has 0 aliphatic heterocycles. The molecule has 3 heteroatoms. The molecule has 0 aliphatic carbocycles. The monoisotopic (exact) mass is 302 g/mol. The summed E-state index contributed by atoms with van der Waals surface area (Å²) in [4.78, 5) is 12.7. The van der Waals surface area contributed by atoms with E-state index in [0.29, 0.717) is 10.5 Å². The lowest BCUT2D eigenvalue weighted by Gasteiger charge is -2.19. The third kappa shape index (κ3) is 3.94. The minimum Gasteiger partial charge on any atom is -0.295 e. The van der Waals surface area contributed by atoms with Crippen LogP contribution in [0.3, 0.4) is 0 Å². The summed E-state index contributed by atoms with van der Waals surface area (Å²) < 4.78 is 14.0. The van der Waals surface area contributed by atoms with Gasteiger partial charge in [-0.2, -0.15) is 0 Å². The maximum absolute atomic E-state index is 14.0. The molecule has 0 heterocycles. The highest BCUT2D eigenvalue weighted by Gasteiger charge is 2.13. The molecule has 2 aromatic rings. The molecule has 0 saturated heterocycles. The summed E-state index contributed by atoms with van der Waals surface area (Å²) >= 11 is 1.37. The number of halogens is 1. The normalized spacial score (nSPS) is 11.5. The Labute approximate surface area is 129 Å². The molecule has 0 saturated carbocycles. The van der Waals surface area contributed by atoms with Gasteiger partial charge in [0.15, 0.2) is 5.78 Å². The molecule has 2 aromatic carbocycles. The summed E-state index contributed by atoms with van der Waals surface area (Å²) in [7, 11) is 0. The van der Waals surface area contributed by atoms with Gasteiger partial charge in [0.25, 0.3) is 0 Å². The van der Waals surface area contributed by atoms with Gasteiger partial charge in [-0.05, 0) is 42.2 Å². The van der Waals surface area contributed by atoms with Crippen molar-refractivity contribution < 1.29 is 9.18 Å². The predicted octanol–water partition coefficient (Wildman–Crippen LogP) is 5.48. The van der Waals surface area contributed by atoms with Crippen LogP contribution in [0.25, 0.3) is 0 Å². The number of rotatable bonds is 3. The SMILES string of the molecule is CC(=O)c1ccc(Sc2ccc(C(C)(C)C)cc2)c(F)c1. The molecule has 0 atom stereocenters. The van der Waals surface area contributed by atoms with Gasteiger partial charge in [-0.1, -0.05) is 50.7 Å². The second-order valence-corrected chi connectivity index (χ2v) is 7.19. The van der Waals surface area contributed by atoms with E-state index in [4.69, 9.17) is 0 Å². The highest BCUT2D eigenvalue weighted by molar-refractivity contribution is 7.99. The summed E-state index contributed by atoms with van der Waals surface area (Å²) in [5, 5.41) is 0. The molecule has 0 aliphatic rings. The molecule has 2 rings (SSSR count). The third-order valence-corrected chi connectivity index (χ3v) is 4.35. The van der Waals surface area contributed by atoms with Crippen LogP contribution in [0.4, 0.5) is 4.39 Å². The Hall–Kier alpha value is -1.61. The fraction of sp³-hybridized carbons (Fsp3) is 0.278. The van der Waals surface area contributed by atoms with Crippen molar-refractivity contribution in [2.45, 2.75) is 42.9 Å². The number of ketones is 1. The van der Waals surface area contributed by atoms with Crippen LogP contribution in [0.5, 0.6) is 0 Å². The second-order valence-electron chi connectivity index (χ2n) is 6.08. The number of hydrogen-bond donors (Lipinski definition) is 0. The van der Waals surface area contributed by atoms with E-state index in [9.17, 15) is 9.18 Å². The van der Waals surface area contributed by atoms with Crippen LogP contribution < -0.4 is 0 Å². The Balaban J connectivity index is 2.20. The Kier molecular flexibility index (Phi) is 4.52. The molecule has 0 aromatic heterocycles. The van der Waals surface area contributed by atoms with Crippen LogP contribution >= 0.6 is 11.8 Å². The van der Waals surface area contributed by atoms with Crippen molar-refractivity contribution in [1.29, 1.82) is 0 Å². The van der Waals surface area contributed by atoms with E-state index in [0.717, 1.165) is 4.90 Å². The topological polar surface area (TPSA) is 17.1 Å². The fourth-order valence-corrected chi connectivity index (χ4v) is 2.77. The zero-order valence-electron chi connectivity index (χ0n) is 12.7. The summed E-state index contributed by atoms with van der Waals surface area (Å²) in [6, 6.07) is 12.8. The Morgan fingerprint density at radius 1 is 1.05 bits per heavy atom. The quantitative estimate of drug-likeness (QED) is 0.699. The standard InChI is InChI=1S/C18H19FOS/c1-12(20)13-5-10-17(16(19)11-13)21-15-8-6-14(7-9-15)18(2,3)4/h5-11H,1-4H3. The number of carbonyl (C=O) groups excluding carboxylic acids is 1. The largest absolute Gasteiger partial charge is 0.295 e. The van der Waals surface area contributed by atoms with Crippen LogP contribution in [0.1, 0.15) is 43.6 Å². The number of Topliss-reactive ketones (excluding diaryl/α,β-unsaturated/α-hetero) is 1. The van der Waals surface area contributed by atoms with Crippen LogP contribution in [-0.2, 0) is 5.41 Å². The second kappa shape index (κ2) is 6.02. The first kappa shape index (κ1) is 15.8. The molecule has 110 valence electrons. The zero-order valence-corrected chi connectivity index (χ0v) is 13.6. The summed E-state index contributed by atoms with van der Waals surface area (Å²) in [6.07, 6.45) is 0. The lowest BCUT2D eigenvalue weighted by atomic mass is 9.87. The average Bonchev–Trinajstić information content (AvgIpc) is 2.40. The van der Waals surface area contributed by atoms with Crippen LogP contribution in [0.2, 0.25) is 0 Å². The Morgan fingerprint density at radius 2 is 1.67 bits per heavy atom. The van der Waals surface area contributed by atoms with Gasteiger partial charge in [-0.25, -0.2) is 4.39 Å². The minimum atomic E-state index is -0.354. The summed E-state index contributed by atoms with van der Waals surface area (Å²) in [6.45, 7) is 7.92. The van der Waals surface area contributed by atoms with Crippen LogP contribution in [-0.4, -0.2) is 5.78 Å². The van der Waals surface area contributed by atoms with Gasteiger partial charge >= 0.3 is 0 Å². The Bertz CT molecular complexity index is 654. The van der Waals surface area contributed by atoms with E-state index in [-0.39, 0.29) is 17.0 Å². The van der Waals surface area contributed by atoms with Crippen molar-refractivity contribution in [2.75, 3.05) is 0 Å². The van der Waals surface area contributed by atoms with Gasteiger partial charge < -0.3 is 0 Å². The maximum atomic E-state index is 14.0.